The van der Waals surface area contributed by atoms with E-state index in [1.54, 1.807) is 37.5 Å². The molecule has 154 valence electrons. The van der Waals surface area contributed by atoms with Gasteiger partial charge in [0.15, 0.2) is 0 Å². The summed E-state index contributed by atoms with van der Waals surface area (Å²) in [6.45, 7) is 0.0709. The molecule has 0 aliphatic carbocycles. The first-order chi connectivity index (χ1) is 15.1. The minimum absolute atomic E-state index is 0.0709. The van der Waals surface area contributed by atoms with Crippen LogP contribution in [0.4, 0.5) is 4.39 Å². The number of imidazole rings is 1. The van der Waals surface area contributed by atoms with E-state index in [9.17, 15) is 9.65 Å². The number of nitriles is 1. The van der Waals surface area contributed by atoms with Gasteiger partial charge in [-0.1, -0.05) is 34.1 Å². The highest BCUT2D eigenvalue weighted by Gasteiger charge is 2.12. The van der Waals surface area contributed by atoms with Crippen LogP contribution in [0.5, 0.6) is 11.5 Å². The normalized spacial score (nSPS) is 11.4. The van der Waals surface area contributed by atoms with E-state index in [2.05, 4.69) is 32.0 Å². The average Bonchev–Trinajstić information content (AvgIpc) is 3.20. The number of nitrogens with zero attached hydrogens (tertiary/aromatic N) is 2. The third-order valence-electron chi connectivity index (χ3n) is 4.68. The molecule has 1 heterocycles. The number of benzene rings is 3. The third-order valence-corrected chi connectivity index (χ3v) is 5.17. The van der Waals surface area contributed by atoms with Crippen LogP contribution in [0.1, 0.15) is 17.0 Å². The monoisotopic (exact) mass is 477 g/mol. The fourth-order valence-electron chi connectivity index (χ4n) is 3.09. The van der Waals surface area contributed by atoms with Crippen molar-refractivity contribution in [3.8, 4) is 17.6 Å². The molecule has 0 aliphatic rings. The predicted octanol–water partition coefficient (Wildman–Crippen LogP) is 6.12. The smallest absolute Gasteiger partial charge is 0.149 e. The summed E-state index contributed by atoms with van der Waals surface area (Å²) in [5, 5.41) is 9.77. The zero-order chi connectivity index (χ0) is 21.8. The lowest BCUT2D eigenvalue weighted by Crippen LogP contribution is -1.99. The minimum atomic E-state index is -0.327. The number of halogens is 2. The Morgan fingerprint density at radius 1 is 1.19 bits per heavy atom. The molecule has 0 radical (unpaired) electrons. The van der Waals surface area contributed by atoms with Crippen LogP contribution < -0.4 is 9.47 Å². The van der Waals surface area contributed by atoms with Crippen molar-refractivity contribution in [3.05, 3.63) is 87.9 Å². The molecule has 0 saturated carbocycles. The number of aromatic amines is 1. The van der Waals surface area contributed by atoms with Crippen LogP contribution in [0.25, 0.3) is 22.7 Å². The molecule has 0 spiro atoms. The summed E-state index contributed by atoms with van der Waals surface area (Å²) in [6.07, 6.45) is 1.69. The lowest BCUT2D eigenvalue weighted by atomic mass is 10.1. The van der Waals surface area contributed by atoms with Gasteiger partial charge in [-0.25, -0.2) is 9.37 Å². The molecule has 5 nitrogen and oxygen atoms in total. The van der Waals surface area contributed by atoms with Gasteiger partial charge in [-0.15, -0.1) is 0 Å². The zero-order valence-electron chi connectivity index (χ0n) is 16.5. The number of nitrogens with one attached hydrogen (secondary N) is 1. The third kappa shape index (κ3) is 4.60. The summed E-state index contributed by atoms with van der Waals surface area (Å²) in [5.74, 6) is 1.33. The quantitative estimate of drug-likeness (QED) is 0.339. The van der Waals surface area contributed by atoms with Gasteiger partial charge >= 0.3 is 0 Å². The molecule has 4 aromatic rings. The van der Waals surface area contributed by atoms with E-state index < -0.39 is 0 Å². The number of fused-ring (bicyclic) bond motifs is 1. The summed E-state index contributed by atoms with van der Waals surface area (Å²) in [7, 11) is 1.59. The van der Waals surface area contributed by atoms with Crippen molar-refractivity contribution in [1.82, 2.24) is 9.97 Å². The molecular weight excluding hydrogens is 461 g/mol. The highest BCUT2D eigenvalue weighted by molar-refractivity contribution is 9.10. The Morgan fingerprint density at radius 2 is 2.03 bits per heavy atom. The Kier molecular flexibility index (Phi) is 6.01. The van der Waals surface area contributed by atoms with E-state index in [0.29, 0.717) is 34.0 Å². The van der Waals surface area contributed by atoms with Gasteiger partial charge in [-0.05, 0) is 42.5 Å². The van der Waals surface area contributed by atoms with Crippen LogP contribution in [0.15, 0.2) is 65.1 Å². The van der Waals surface area contributed by atoms with Gasteiger partial charge in [0.05, 0.1) is 23.7 Å². The molecule has 1 N–H and O–H groups in total. The molecule has 7 heteroatoms. The minimum Gasteiger partial charge on any atom is -0.497 e. The molecule has 0 atom stereocenters. The van der Waals surface area contributed by atoms with Gasteiger partial charge in [0.2, 0.25) is 0 Å². The number of H-pyrrole nitrogens is 1. The predicted molar refractivity (Wildman–Crippen MR) is 121 cm³/mol. The topological polar surface area (TPSA) is 70.9 Å². The van der Waals surface area contributed by atoms with Gasteiger partial charge in [0.1, 0.15) is 35.8 Å². The molecule has 1 aromatic heterocycles. The lowest BCUT2D eigenvalue weighted by Gasteiger charge is -2.11. The molecule has 0 bridgehead atoms. The second-order valence-corrected chi connectivity index (χ2v) is 7.62. The lowest BCUT2D eigenvalue weighted by molar-refractivity contribution is 0.299. The molecule has 31 heavy (non-hydrogen) atoms. The molecule has 0 fully saturated rings. The number of rotatable bonds is 6. The van der Waals surface area contributed by atoms with Crippen LogP contribution in [-0.4, -0.2) is 17.1 Å². The Hall–Kier alpha value is -3.63. The Morgan fingerprint density at radius 3 is 2.81 bits per heavy atom. The van der Waals surface area contributed by atoms with Crippen LogP contribution >= 0.6 is 15.9 Å². The van der Waals surface area contributed by atoms with Crippen LogP contribution in [0.3, 0.4) is 0 Å². The molecular formula is C24H17BrFN3O2. The summed E-state index contributed by atoms with van der Waals surface area (Å²) in [5.41, 5.74) is 2.94. The van der Waals surface area contributed by atoms with Crippen LogP contribution in [-0.2, 0) is 6.61 Å². The van der Waals surface area contributed by atoms with E-state index in [4.69, 9.17) is 9.47 Å². The van der Waals surface area contributed by atoms with Crippen molar-refractivity contribution in [2.75, 3.05) is 7.11 Å². The van der Waals surface area contributed by atoms with Crippen molar-refractivity contribution < 1.29 is 13.9 Å². The molecule has 0 saturated heterocycles. The second kappa shape index (κ2) is 9.02. The van der Waals surface area contributed by atoms with Gasteiger partial charge in [0.25, 0.3) is 0 Å². The van der Waals surface area contributed by atoms with E-state index in [0.717, 1.165) is 15.5 Å². The first kappa shape index (κ1) is 20.6. The van der Waals surface area contributed by atoms with Crippen molar-refractivity contribution in [2.24, 2.45) is 0 Å². The van der Waals surface area contributed by atoms with Gasteiger partial charge in [-0.3, -0.25) is 0 Å². The van der Waals surface area contributed by atoms with Crippen molar-refractivity contribution in [2.45, 2.75) is 6.61 Å². The molecule has 0 amide bonds. The number of aromatic nitrogens is 2. The molecule has 4 rings (SSSR count). The molecule has 3 aromatic carbocycles. The maximum atomic E-state index is 13.9. The zero-order valence-corrected chi connectivity index (χ0v) is 18.1. The van der Waals surface area contributed by atoms with E-state index >= 15 is 0 Å². The van der Waals surface area contributed by atoms with Gasteiger partial charge < -0.3 is 14.5 Å². The van der Waals surface area contributed by atoms with E-state index in [-0.39, 0.29) is 12.4 Å². The van der Waals surface area contributed by atoms with Crippen LogP contribution in [0, 0.1) is 17.1 Å². The Balaban J connectivity index is 1.68. The van der Waals surface area contributed by atoms with Crippen molar-refractivity contribution >= 4 is 38.6 Å². The van der Waals surface area contributed by atoms with Gasteiger partial charge in [-0.2, -0.15) is 5.26 Å². The van der Waals surface area contributed by atoms with Crippen LogP contribution in [0.2, 0.25) is 0 Å². The summed E-state index contributed by atoms with van der Waals surface area (Å²) < 4.78 is 25.9. The fraction of sp³-hybridized carbons (Fsp3) is 0.0833. The Labute approximate surface area is 186 Å². The summed E-state index contributed by atoms with van der Waals surface area (Å²) >= 11 is 3.45. The largest absolute Gasteiger partial charge is 0.497 e. The van der Waals surface area contributed by atoms with Crippen molar-refractivity contribution in [3.63, 3.8) is 0 Å². The van der Waals surface area contributed by atoms with E-state index in [1.807, 2.05) is 30.3 Å². The number of ether oxygens (including phenoxy) is 2. The average molecular weight is 478 g/mol. The highest BCUT2D eigenvalue weighted by Crippen LogP contribution is 2.29. The van der Waals surface area contributed by atoms with Crippen molar-refractivity contribution in [1.29, 1.82) is 5.26 Å². The standard InChI is InChI=1S/C24H17BrFN3O2/c1-30-19-7-8-21-22(12-19)29-24(28-21)17(13-27)10-16-11-18(25)6-9-23(16)31-14-15-4-2-3-5-20(15)26/h2-12H,14H2,1H3,(H,28,29)/b17-10-. The maximum absolute atomic E-state index is 13.9. The first-order valence-electron chi connectivity index (χ1n) is 9.39. The fourth-order valence-corrected chi connectivity index (χ4v) is 3.47. The van der Waals surface area contributed by atoms with E-state index in [1.165, 1.54) is 6.07 Å². The summed E-state index contributed by atoms with van der Waals surface area (Å²) in [6, 6.07) is 19.5. The first-order valence-corrected chi connectivity index (χ1v) is 10.2. The summed E-state index contributed by atoms with van der Waals surface area (Å²) in [4.78, 5) is 7.67. The Bertz CT molecular complexity index is 1320. The SMILES string of the molecule is COc1ccc2nc(/C(C#N)=C\c3cc(Br)ccc3OCc3ccccc3F)[nH]c2c1. The number of hydrogen-bond acceptors (Lipinski definition) is 4. The number of methoxy groups -OCH3 is 1. The molecule has 0 unspecified atom stereocenters. The maximum Gasteiger partial charge on any atom is 0.149 e. The molecule has 0 aliphatic heterocycles. The van der Waals surface area contributed by atoms with Gasteiger partial charge in [0, 0.05) is 21.7 Å². The second-order valence-electron chi connectivity index (χ2n) is 6.70. The number of hydrogen-bond donors (Lipinski definition) is 1. The number of allylic oxidation sites excluding steroid dienone is 1. The highest BCUT2D eigenvalue weighted by atomic mass is 79.9.